The summed E-state index contributed by atoms with van der Waals surface area (Å²) in [6, 6.07) is 7.78. The molecule has 7 heteroatoms. The standard InChI is InChI=1S/C20H27N5O2/c1-23-10-11-25-18(14-23)21-22-20(25)17-8-3-4-9-24(17)19(26)13-15-6-5-7-16(12-15)27-2/h5-7,12,17H,3-4,8-11,13-14H2,1-2H3/t17-/m1/s1. The van der Waals surface area contributed by atoms with Crippen LogP contribution >= 0.6 is 0 Å². The number of amides is 1. The van der Waals surface area contributed by atoms with Crippen LogP contribution in [0.1, 0.15) is 42.5 Å². The van der Waals surface area contributed by atoms with Crippen LogP contribution in [0.4, 0.5) is 0 Å². The Hall–Kier alpha value is -2.41. The second kappa shape index (κ2) is 7.68. The fraction of sp³-hybridized carbons (Fsp3) is 0.550. The van der Waals surface area contributed by atoms with Crippen molar-refractivity contribution < 1.29 is 9.53 Å². The van der Waals surface area contributed by atoms with Gasteiger partial charge >= 0.3 is 0 Å². The molecule has 7 nitrogen and oxygen atoms in total. The Balaban J connectivity index is 1.55. The first-order valence-electron chi connectivity index (χ1n) is 9.68. The number of carbonyl (C=O) groups is 1. The van der Waals surface area contributed by atoms with Gasteiger partial charge in [-0.25, -0.2) is 0 Å². The Morgan fingerprint density at radius 3 is 2.96 bits per heavy atom. The number of nitrogens with zero attached hydrogens (tertiary/aromatic N) is 5. The molecule has 2 aliphatic heterocycles. The highest BCUT2D eigenvalue weighted by molar-refractivity contribution is 5.79. The molecule has 0 aliphatic carbocycles. The topological polar surface area (TPSA) is 63.5 Å². The Labute approximate surface area is 159 Å². The van der Waals surface area contributed by atoms with E-state index in [1.165, 1.54) is 0 Å². The molecular weight excluding hydrogens is 342 g/mol. The zero-order valence-electron chi connectivity index (χ0n) is 16.1. The van der Waals surface area contributed by atoms with Gasteiger partial charge in [0.2, 0.25) is 5.91 Å². The molecule has 1 saturated heterocycles. The number of ether oxygens (including phenoxy) is 1. The molecule has 1 fully saturated rings. The maximum Gasteiger partial charge on any atom is 0.227 e. The van der Waals surface area contributed by atoms with E-state index in [-0.39, 0.29) is 11.9 Å². The van der Waals surface area contributed by atoms with Gasteiger partial charge < -0.3 is 14.2 Å². The van der Waals surface area contributed by atoms with Crippen LogP contribution in [0.25, 0.3) is 0 Å². The monoisotopic (exact) mass is 369 g/mol. The van der Waals surface area contributed by atoms with Crippen molar-refractivity contribution in [2.75, 3.05) is 27.2 Å². The second-order valence-electron chi connectivity index (χ2n) is 7.49. The van der Waals surface area contributed by atoms with E-state index in [2.05, 4.69) is 26.7 Å². The van der Waals surface area contributed by atoms with Crippen LogP contribution in [0.5, 0.6) is 5.75 Å². The lowest BCUT2D eigenvalue weighted by molar-refractivity contribution is -0.134. The summed E-state index contributed by atoms with van der Waals surface area (Å²) >= 11 is 0. The number of likely N-dealkylation sites (tertiary alicyclic amines) is 1. The maximum atomic E-state index is 13.1. The number of fused-ring (bicyclic) bond motifs is 1. The Morgan fingerprint density at radius 1 is 1.22 bits per heavy atom. The number of rotatable bonds is 4. The third kappa shape index (κ3) is 3.69. The predicted octanol–water partition coefficient (Wildman–Crippen LogP) is 2.03. The summed E-state index contributed by atoms with van der Waals surface area (Å²) in [6.07, 6.45) is 3.51. The van der Waals surface area contributed by atoms with Crippen molar-refractivity contribution in [1.82, 2.24) is 24.6 Å². The van der Waals surface area contributed by atoms with Crippen molar-refractivity contribution in [3.05, 3.63) is 41.5 Å². The summed E-state index contributed by atoms with van der Waals surface area (Å²) in [7, 11) is 3.75. The van der Waals surface area contributed by atoms with E-state index in [0.717, 1.165) is 68.4 Å². The summed E-state index contributed by atoms with van der Waals surface area (Å²) < 4.78 is 7.51. The van der Waals surface area contributed by atoms with E-state index in [1.54, 1.807) is 7.11 Å². The van der Waals surface area contributed by atoms with Crippen molar-refractivity contribution >= 4 is 5.91 Å². The summed E-state index contributed by atoms with van der Waals surface area (Å²) in [6.45, 7) is 3.48. The Bertz CT molecular complexity index is 818. The molecule has 0 unspecified atom stereocenters. The summed E-state index contributed by atoms with van der Waals surface area (Å²) in [5, 5.41) is 8.89. The van der Waals surface area contributed by atoms with Gasteiger partial charge in [0.1, 0.15) is 11.6 Å². The number of hydrogen-bond acceptors (Lipinski definition) is 5. The number of likely N-dealkylation sites (N-methyl/N-ethyl adjacent to an activating group) is 1. The van der Waals surface area contributed by atoms with Gasteiger partial charge in [-0.1, -0.05) is 12.1 Å². The minimum absolute atomic E-state index is 0.0292. The van der Waals surface area contributed by atoms with E-state index in [1.807, 2.05) is 29.2 Å². The third-order valence-corrected chi connectivity index (χ3v) is 5.58. The van der Waals surface area contributed by atoms with Crippen LogP contribution in [-0.4, -0.2) is 57.7 Å². The van der Waals surface area contributed by atoms with E-state index < -0.39 is 0 Å². The van der Waals surface area contributed by atoms with E-state index in [0.29, 0.717) is 6.42 Å². The zero-order chi connectivity index (χ0) is 18.8. The van der Waals surface area contributed by atoms with Crippen LogP contribution in [0.15, 0.2) is 24.3 Å². The van der Waals surface area contributed by atoms with Crippen molar-refractivity contribution in [1.29, 1.82) is 0 Å². The molecule has 3 heterocycles. The van der Waals surface area contributed by atoms with Crippen LogP contribution in [0.2, 0.25) is 0 Å². The fourth-order valence-electron chi connectivity index (χ4n) is 4.10. The lowest BCUT2D eigenvalue weighted by Crippen LogP contribution is -2.41. The highest BCUT2D eigenvalue weighted by Crippen LogP contribution is 2.31. The molecular formula is C20H27N5O2. The maximum absolute atomic E-state index is 13.1. The van der Waals surface area contributed by atoms with Gasteiger partial charge in [-0.05, 0) is 44.0 Å². The summed E-state index contributed by atoms with van der Waals surface area (Å²) in [4.78, 5) is 17.4. The smallest absolute Gasteiger partial charge is 0.227 e. The minimum atomic E-state index is 0.0292. The molecule has 2 aromatic rings. The first-order valence-corrected chi connectivity index (χ1v) is 9.68. The molecule has 1 atom stereocenters. The third-order valence-electron chi connectivity index (χ3n) is 5.58. The number of methoxy groups -OCH3 is 1. The number of hydrogen-bond donors (Lipinski definition) is 0. The van der Waals surface area contributed by atoms with Gasteiger partial charge in [-0.2, -0.15) is 0 Å². The molecule has 0 bridgehead atoms. The van der Waals surface area contributed by atoms with Gasteiger partial charge in [0.15, 0.2) is 5.82 Å². The Kier molecular flexibility index (Phi) is 5.11. The molecule has 1 amide bonds. The van der Waals surface area contributed by atoms with Gasteiger partial charge in [0.05, 0.1) is 26.1 Å². The number of carbonyl (C=O) groups excluding carboxylic acids is 1. The average Bonchev–Trinajstić information content (AvgIpc) is 3.11. The minimum Gasteiger partial charge on any atom is -0.497 e. The quantitative estimate of drug-likeness (QED) is 0.825. The van der Waals surface area contributed by atoms with Crippen molar-refractivity contribution in [2.45, 2.75) is 44.8 Å². The molecule has 144 valence electrons. The van der Waals surface area contributed by atoms with E-state index >= 15 is 0 Å². The molecule has 0 N–H and O–H groups in total. The van der Waals surface area contributed by atoms with Crippen LogP contribution < -0.4 is 4.74 Å². The van der Waals surface area contributed by atoms with Gasteiger partial charge in [0.25, 0.3) is 0 Å². The molecule has 4 rings (SSSR count). The average molecular weight is 369 g/mol. The van der Waals surface area contributed by atoms with Crippen molar-refractivity contribution in [2.24, 2.45) is 0 Å². The van der Waals surface area contributed by atoms with Gasteiger partial charge in [0, 0.05) is 19.6 Å². The molecule has 2 aliphatic rings. The Morgan fingerprint density at radius 2 is 2.11 bits per heavy atom. The summed E-state index contributed by atoms with van der Waals surface area (Å²) in [5.41, 5.74) is 0.980. The normalized spacial score (nSPS) is 20.4. The van der Waals surface area contributed by atoms with E-state index in [4.69, 9.17) is 4.74 Å². The SMILES string of the molecule is COc1cccc(CC(=O)N2CCCC[C@@H]2c2nnc3n2CCN(C)C3)c1. The van der Waals surface area contributed by atoms with Gasteiger partial charge in [-0.3, -0.25) is 9.69 Å². The van der Waals surface area contributed by atoms with Crippen molar-refractivity contribution in [3.8, 4) is 5.75 Å². The molecule has 0 spiro atoms. The molecule has 1 aromatic carbocycles. The first-order chi connectivity index (χ1) is 13.2. The number of benzene rings is 1. The lowest BCUT2D eigenvalue weighted by Gasteiger charge is -2.36. The van der Waals surface area contributed by atoms with Gasteiger partial charge in [-0.15, -0.1) is 10.2 Å². The second-order valence-corrected chi connectivity index (χ2v) is 7.49. The number of piperidine rings is 1. The number of aromatic nitrogens is 3. The molecule has 1 aromatic heterocycles. The lowest BCUT2D eigenvalue weighted by atomic mass is 9.99. The fourth-order valence-corrected chi connectivity index (χ4v) is 4.10. The highest BCUT2D eigenvalue weighted by Gasteiger charge is 2.33. The van der Waals surface area contributed by atoms with Crippen molar-refractivity contribution in [3.63, 3.8) is 0 Å². The van der Waals surface area contributed by atoms with E-state index in [9.17, 15) is 4.79 Å². The summed E-state index contributed by atoms with van der Waals surface area (Å²) in [5.74, 6) is 2.89. The first kappa shape index (κ1) is 18.0. The van der Waals surface area contributed by atoms with Crippen LogP contribution in [-0.2, 0) is 24.3 Å². The van der Waals surface area contributed by atoms with Crippen LogP contribution in [0, 0.1) is 0 Å². The molecule has 0 radical (unpaired) electrons. The molecule has 0 saturated carbocycles. The van der Waals surface area contributed by atoms with Crippen LogP contribution in [0.3, 0.4) is 0 Å². The largest absolute Gasteiger partial charge is 0.497 e. The zero-order valence-corrected chi connectivity index (χ0v) is 16.1. The highest BCUT2D eigenvalue weighted by atomic mass is 16.5. The molecule has 27 heavy (non-hydrogen) atoms. The predicted molar refractivity (Wildman–Crippen MR) is 101 cm³/mol.